The van der Waals surface area contributed by atoms with E-state index in [-0.39, 0.29) is 12.1 Å². The molecular weight excluding hydrogens is 268 g/mol. The molecule has 1 aromatic rings. The van der Waals surface area contributed by atoms with E-state index in [0.29, 0.717) is 26.3 Å². The van der Waals surface area contributed by atoms with Crippen molar-refractivity contribution in [2.45, 2.75) is 39.0 Å². The average Bonchev–Trinajstić information content (AvgIpc) is 2.42. The third-order valence-corrected chi connectivity index (χ3v) is 3.16. The molecule has 2 rings (SSSR count). The minimum atomic E-state index is -0.465. The molecule has 2 N–H and O–H groups in total. The molecule has 0 radical (unpaired) electrons. The number of carbonyl (C=O) groups is 1. The first-order chi connectivity index (χ1) is 9.96. The first kappa shape index (κ1) is 15.8. The molecule has 0 saturated heterocycles. The van der Waals surface area contributed by atoms with Crippen LogP contribution in [0.3, 0.4) is 0 Å². The van der Waals surface area contributed by atoms with E-state index in [1.54, 1.807) is 0 Å². The van der Waals surface area contributed by atoms with Gasteiger partial charge in [0.25, 0.3) is 0 Å². The molecule has 1 aliphatic heterocycles. The van der Waals surface area contributed by atoms with Crippen molar-refractivity contribution in [2.24, 2.45) is 0 Å². The van der Waals surface area contributed by atoms with Crippen LogP contribution in [0, 0.1) is 0 Å². The number of carbonyl (C=O) groups excluding carboxylic acids is 1. The van der Waals surface area contributed by atoms with Crippen molar-refractivity contribution < 1.29 is 14.3 Å². The maximum Gasteiger partial charge on any atom is 0.407 e. The summed E-state index contributed by atoms with van der Waals surface area (Å²) in [5.41, 5.74) is 2.04. The van der Waals surface area contributed by atoms with Crippen molar-refractivity contribution in [1.29, 1.82) is 0 Å². The minimum absolute atomic E-state index is 0.176. The number of benzene rings is 1. The average molecular weight is 292 g/mol. The SMILES string of the molecule is CC(C)(C)OC(=O)NCCNC1COCc2ccccc21. The maximum absolute atomic E-state index is 11.5. The first-order valence-corrected chi connectivity index (χ1v) is 7.31. The highest BCUT2D eigenvalue weighted by molar-refractivity contribution is 5.67. The normalized spacial score (nSPS) is 18.0. The summed E-state index contributed by atoms with van der Waals surface area (Å²) in [6, 6.07) is 8.45. The smallest absolute Gasteiger partial charge is 0.407 e. The Bertz CT molecular complexity index is 483. The summed E-state index contributed by atoms with van der Waals surface area (Å²) >= 11 is 0. The van der Waals surface area contributed by atoms with Crippen LogP contribution in [0.15, 0.2) is 24.3 Å². The van der Waals surface area contributed by atoms with Crippen molar-refractivity contribution in [2.75, 3.05) is 19.7 Å². The molecule has 0 aliphatic carbocycles. The second-order valence-electron chi connectivity index (χ2n) is 6.15. The highest BCUT2D eigenvalue weighted by Gasteiger charge is 2.20. The van der Waals surface area contributed by atoms with Gasteiger partial charge in [-0.1, -0.05) is 24.3 Å². The van der Waals surface area contributed by atoms with E-state index in [1.807, 2.05) is 32.9 Å². The molecule has 1 atom stereocenters. The van der Waals surface area contributed by atoms with Crippen LogP contribution >= 0.6 is 0 Å². The van der Waals surface area contributed by atoms with E-state index in [1.165, 1.54) is 11.1 Å². The third kappa shape index (κ3) is 5.02. The summed E-state index contributed by atoms with van der Waals surface area (Å²) < 4.78 is 10.8. The molecule has 116 valence electrons. The van der Waals surface area contributed by atoms with Crippen LogP contribution in [0.4, 0.5) is 4.79 Å². The lowest BCUT2D eigenvalue weighted by Gasteiger charge is -2.26. The molecule has 1 heterocycles. The molecule has 5 nitrogen and oxygen atoms in total. The molecule has 21 heavy (non-hydrogen) atoms. The van der Waals surface area contributed by atoms with Gasteiger partial charge in [0.15, 0.2) is 0 Å². The summed E-state index contributed by atoms with van der Waals surface area (Å²) in [5, 5.41) is 6.14. The summed E-state index contributed by atoms with van der Waals surface area (Å²) in [6.45, 7) is 8.06. The summed E-state index contributed by atoms with van der Waals surface area (Å²) in [7, 11) is 0. The zero-order chi connectivity index (χ0) is 15.3. The fraction of sp³-hybridized carbons (Fsp3) is 0.562. The van der Waals surface area contributed by atoms with E-state index in [2.05, 4.69) is 22.8 Å². The van der Waals surface area contributed by atoms with Crippen molar-refractivity contribution in [3.8, 4) is 0 Å². The van der Waals surface area contributed by atoms with Crippen molar-refractivity contribution in [1.82, 2.24) is 10.6 Å². The highest BCUT2D eigenvalue weighted by Crippen LogP contribution is 2.23. The van der Waals surface area contributed by atoms with Crippen LogP contribution in [-0.2, 0) is 16.1 Å². The van der Waals surface area contributed by atoms with Gasteiger partial charge in [-0.3, -0.25) is 0 Å². The fourth-order valence-electron chi connectivity index (χ4n) is 2.28. The number of fused-ring (bicyclic) bond motifs is 1. The van der Waals surface area contributed by atoms with Gasteiger partial charge in [-0.05, 0) is 31.9 Å². The zero-order valence-corrected chi connectivity index (χ0v) is 12.9. The van der Waals surface area contributed by atoms with Crippen LogP contribution in [0.2, 0.25) is 0 Å². The molecule has 0 bridgehead atoms. The molecule has 1 unspecified atom stereocenters. The van der Waals surface area contributed by atoms with E-state index in [4.69, 9.17) is 9.47 Å². The Hall–Kier alpha value is -1.59. The molecule has 0 aromatic heterocycles. The van der Waals surface area contributed by atoms with E-state index in [9.17, 15) is 4.79 Å². The lowest BCUT2D eigenvalue weighted by molar-refractivity contribution is 0.0525. The van der Waals surface area contributed by atoms with Gasteiger partial charge in [0.05, 0.1) is 19.3 Å². The van der Waals surface area contributed by atoms with Gasteiger partial charge in [-0.2, -0.15) is 0 Å². The number of rotatable bonds is 4. The third-order valence-electron chi connectivity index (χ3n) is 3.16. The topological polar surface area (TPSA) is 59.6 Å². The van der Waals surface area contributed by atoms with E-state index in [0.717, 1.165) is 0 Å². The van der Waals surface area contributed by atoms with Crippen LogP contribution in [0.1, 0.15) is 37.9 Å². The van der Waals surface area contributed by atoms with Gasteiger partial charge >= 0.3 is 6.09 Å². The van der Waals surface area contributed by atoms with Gasteiger partial charge in [-0.25, -0.2) is 4.79 Å². The summed E-state index contributed by atoms with van der Waals surface area (Å²) in [5.74, 6) is 0. The second kappa shape index (κ2) is 6.91. The van der Waals surface area contributed by atoms with Crippen molar-refractivity contribution in [3.63, 3.8) is 0 Å². The van der Waals surface area contributed by atoms with E-state index >= 15 is 0 Å². The molecular formula is C16H24N2O3. The van der Waals surface area contributed by atoms with E-state index < -0.39 is 5.60 Å². The Morgan fingerprint density at radius 1 is 1.33 bits per heavy atom. The predicted molar refractivity (Wildman–Crippen MR) is 81.1 cm³/mol. The Morgan fingerprint density at radius 3 is 2.86 bits per heavy atom. The van der Waals surface area contributed by atoms with Crippen LogP contribution in [0.25, 0.3) is 0 Å². The zero-order valence-electron chi connectivity index (χ0n) is 12.9. The number of nitrogens with one attached hydrogen (secondary N) is 2. The Labute approximate surface area is 126 Å². The van der Waals surface area contributed by atoms with Crippen molar-refractivity contribution in [3.05, 3.63) is 35.4 Å². The quantitative estimate of drug-likeness (QED) is 0.837. The molecule has 1 aromatic carbocycles. The summed E-state index contributed by atoms with van der Waals surface area (Å²) in [4.78, 5) is 11.5. The highest BCUT2D eigenvalue weighted by atomic mass is 16.6. The molecule has 5 heteroatoms. The fourth-order valence-corrected chi connectivity index (χ4v) is 2.28. The number of hydrogen-bond donors (Lipinski definition) is 2. The van der Waals surface area contributed by atoms with Gasteiger partial charge in [0.1, 0.15) is 5.60 Å². The van der Waals surface area contributed by atoms with Gasteiger partial charge in [0, 0.05) is 13.1 Å². The lowest BCUT2D eigenvalue weighted by Crippen LogP contribution is -2.38. The monoisotopic (exact) mass is 292 g/mol. The maximum atomic E-state index is 11.5. The van der Waals surface area contributed by atoms with Crippen LogP contribution < -0.4 is 10.6 Å². The molecule has 0 saturated carbocycles. The molecule has 1 aliphatic rings. The standard InChI is InChI=1S/C16H24N2O3/c1-16(2,3)21-15(19)18-9-8-17-14-11-20-10-12-6-4-5-7-13(12)14/h4-7,14,17H,8-11H2,1-3H3,(H,18,19). The summed E-state index contributed by atoms with van der Waals surface area (Å²) in [6.07, 6.45) is -0.385. The minimum Gasteiger partial charge on any atom is -0.444 e. The largest absolute Gasteiger partial charge is 0.444 e. The van der Waals surface area contributed by atoms with Crippen LogP contribution in [0.5, 0.6) is 0 Å². The van der Waals surface area contributed by atoms with Crippen molar-refractivity contribution >= 4 is 6.09 Å². The number of alkyl carbamates (subject to hydrolysis) is 1. The van der Waals surface area contributed by atoms with Crippen LogP contribution in [-0.4, -0.2) is 31.4 Å². The Kier molecular flexibility index (Phi) is 5.20. The van der Waals surface area contributed by atoms with Gasteiger partial charge in [0.2, 0.25) is 0 Å². The molecule has 0 fully saturated rings. The molecule has 1 amide bonds. The number of hydrogen-bond acceptors (Lipinski definition) is 4. The number of amides is 1. The number of ether oxygens (including phenoxy) is 2. The second-order valence-corrected chi connectivity index (χ2v) is 6.15. The predicted octanol–water partition coefficient (Wildman–Crippen LogP) is 2.37. The molecule has 0 spiro atoms. The Balaban J connectivity index is 1.74. The first-order valence-electron chi connectivity index (χ1n) is 7.31. The van der Waals surface area contributed by atoms with Gasteiger partial charge < -0.3 is 20.1 Å². The Morgan fingerprint density at radius 2 is 2.10 bits per heavy atom. The lowest BCUT2D eigenvalue weighted by atomic mass is 9.99. The van der Waals surface area contributed by atoms with Gasteiger partial charge in [-0.15, -0.1) is 0 Å².